The molecule has 1 aromatic carbocycles. The lowest BCUT2D eigenvalue weighted by molar-refractivity contribution is 0.173. The molecule has 0 unspecified atom stereocenters. The van der Waals surface area contributed by atoms with Crippen molar-refractivity contribution >= 4 is 11.9 Å². The first kappa shape index (κ1) is 14.0. The zero-order chi connectivity index (χ0) is 14.5. The fourth-order valence-corrected chi connectivity index (χ4v) is 1.73. The molecule has 20 heavy (non-hydrogen) atoms. The minimum absolute atomic E-state index is 0.168. The van der Waals surface area contributed by atoms with Gasteiger partial charge in [0.15, 0.2) is 17.5 Å². The van der Waals surface area contributed by atoms with Crippen LogP contribution in [0.4, 0.5) is 0 Å². The number of benzene rings is 1. The Labute approximate surface area is 117 Å². The summed E-state index contributed by atoms with van der Waals surface area (Å²) in [6, 6.07) is 5.79. The third kappa shape index (κ3) is 3.31. The predicted molar refractivity (Wildman–Crippen MR) is 78.1 cm³/mol. The molecular formula is C13H19N5O2. The monoisotopic (exact) mass is 277 g/mol. The van der Waals surface area contributed by atoms with Crippen molar-refractivity contribution in [1.29, 1.82) is 0 Å². The predicted octanol–water partition coefficient (Wildman–Crippen LogP) is 0.149. The molecule has 108 valence electrons. The first-order chi connectivity index (χ1) is 9.58. The van der Waals surface area contributed by atoms with E-state index in [4.69, 9.17) is 20.9 Å². The number of fused-ring (bicyclic) bond motifs is 1. The molecule has 7 heteroatoms. The van der Waals surface area contributed by atoms with Crippen molar-refractivity contribution < 1.29 is 9.47 Å². The topological polar surface area (TPSA) is 98.5 Å². The van der Waals surface area contributed by atoms with Crippen LogP contribution in [0.5, 0.6) is 11.5 Å². The second kappa shape index (κ2) is 6.14. The van der Waals surface area contributed by atoms with E-state index in [2.05, 4.69) is 9.98 Å². The lowest BCUT2D eigenvalue weighted by Crippen LogP contribution is -2.32. The van der Waals surface area contributed by atoms with E-state index in [1.807, 2.05) is 18.2 Å². The van der Waals surface area contributed by atoms with Crippen LogP contribution in [0.1, 0.15) is 5.56 Å². The van der Waals surface area contributed by atoms with E-state index in [0.717, 1.165) is 17.1 Å². The summed E-state index contributed by atoms with van der Waals surface area (Å²) in [5.74, 6) is 2.05. The zero-order valence-electron chi connectivity index (χ0n) is 11.7. The molecule has 1 aliphatic heterocycles. The summed E-state index contributed by atoms with van der Waals surface area (Å²) in [7, 11) is 3.58. The Morgan fingerprint density at radius 1 is 1.30 bits per heavy atom. The lowest BCUT2D eigenvalue weighted by Gasteiger charge is -2.09. The quantitative estimate of drug-likeness (QED) is 0.605. The number of guanidine groups is 2. The summed E-state index contributed by atoms with van der Waals surface area (Å²) in [5, 5.41) is 0. The third-order valence-corrected chi connectivity index (χ3v) is 2.82. The SMILES string of the molecule is CN(C)C(N)=NC(N)=NCCc1cccc2c1OCO2. The van der Waals surface area contributed by atoms with Gasteiger partial charge in [0, 0.05) is 26.2 Å². The van der Waals surface area contributed by atoms with Crippen molar-refractivity contribution in [2.75, 3.05) is 27.4 Å². The number of nitrogens with two attached hydrogens (primary N) is 2. The average molecular weight is 277 g/mol. The minimum atomic E-state index is 0.168. The van der Waals surface area contributed by atoms with Crippen LogP contribution in [0, 0.1) is 0 Å². The van der Waals surface area contributed by atoms with Gasteiger partial charge in [-0.25, -0.2) is 0 Å². The summed E-state index contributed by atoms with van der Waals surface area (Å²) in [6.07, 6.45) is 0.699. The molecule has 2 rings (SSSR count). The van der Waals surface area contributed by atoms with Gasteiger partial charge in [-0.05, 0) is 12.5 Å². The molecule has 1 aliphatic rings. The lowest BCUT2D eigenvalue weighted by atomic mass is 10.1. The first-order valence-electron chi connectivity index (χ1n) is 6.27. The van der Waals surface area contributed by atoms with E-state index in [1.54, 1.807) is 19.0 Å². The van der Waals surface area contributed by atoms with Gasteiger partial charge < -0.3 is 25.8 Å². The average Bonchev–Trinajstić information content (AvgIpc) is 2.87. The maximum atomic E-state index is 5.69. The first-order valence-corrected chi connectivity index (χ1v) is 6.27. The van der Waals surface area contributed by atoms with Gasteiger partial charge in [-0.3, -0.25) is 4.99 Å². The maximum Gasteiger partial charge on any atom is 0.231 e. The highest BCUT2D eigenvalue weighted by atomic mass is 16.7. The maximum absolute atomic E-state index is 5.69. The van der Waals surface area contributed by atoms with Crippen LogP contribution < -0.4 is 20.9 Å². The van der Waals surface area contributed by atoms with Crippen molar-refractivity contribution in [3.05, 3.63) is 23.8 Å². The number of hydrogen-bond acceptors (Lipinski definition) is 3. The fourth-order valence-electron chi connectivity index (χ4n) is 1.73. The highest BCUT2D eigenvalue weighted by Gasteiger charge is 2.16. The molecule has 1 aromatic rings. The van der Waals surface area contributed by atoms with Crippen molar-refractivity contribution in [3.63, 3.8) is 0 Å². The van der Waals surface area contributed by atoms with E-state index in [9.17, 15) is 0 Å². The Kier molecular flexibility index (Phi) is 4.29. The number of hydrogen-bond donors (Lipinski definition) is 2. The van der Waals surface area contributed by atoms with Crippen LogP contribution in [0.3, 0.4) is 0 Å². The summed E-state index contributed by atoms with van der Waals surface area (Å²) >= 11 is 0. The molecule has 0 atom stereocenters. The number of rotatable bonds is 3. The molecular weight excluding hydrogens is 258 g/mol. The molecule has 0 aromatic heterocycles. The largest absolute Gasteiger partial charge is 0.454 e. The van der Waals surface area contributed by atoms with Crippen LogP contribution in [0.15, 0.2) is 28.2 Å². The van der Waals surface area contributed by atoms with Gasteiger partial charge in [0.1, 0.15) is 0 Å². The van der Waals surface area contributed by atoms with Gasteiger partial charge in [0.2, 0.25) is 12.8 Å². The molecule has 0 saturated carbocycles. The van der Waals surface area contributed by atoms with E-state index in [-0.39, 0.29) is 12.8 Å². The molecule has 0 radical (unpaired) electrons. The number of aliphatic imine (C=N–C) groups is 2. The Hall–Kier alpha value is -2.44. The highest BCUT2D eigenvalue weighted by molar-refractivity contribution is 5.93. The van der Waals surface area contributed by atoms with E-state index in [0.29, 0.717) is 18.9 Å². The third-order valence-electron chi connectivity index (χ3n) is 2.82. The Bertz CT molecular complexity index is 540. The van der Waals surface area contributed by atoms with E-state index < -0.39 is 0 Å². The van der Waals surface area contributed by atoms with Crippen LogP contribution in [0.25, 0.3) is 0 Å². The van der Waals surface area contributed by atoms with E-state index in [1.165, 1.54) is 0 Å². The van der Waals surface area contributed by atoms with Gasteiger partial charge in [0.25, 0.3) is 0 Å². The van der Waals surface area contributed by atoms with Crippen LogP contribution >= 0.6 is 0 Å². The molecule has 1 heterocycles. The molecule has 4 N–H and O–H groups in total. The normalized spacial score (nSPS) is 14.5. The van der Waals surface area contributed by atoms with Gasteiger partial charge >= 0.3 is 0 Å². The van der Waals surface area contributed by atoms with Crippen molar-refractivity contribution in [2.45, 2.75) is 6.42 Å². The number of ether oxygens (including phenoxy) is 2. The Morgan fingerprint density at radius 2 is 2.10 bits per heavy atom. The highest BCUT2D eigenvalue weighted by Crippen LogP contribution is 2.35. The molecule has 0 aliphatic carbocycles. The summed E-state index contributed by atoms with van der Waals surface area (Å²) in [6.45, 7) is 0.775. The Morgan fingerprint density at radius 3 is 2.85 bits per heavy atom. The number of para-hydroxylation sites is 1. The summed E-state index contributed by atoms with van der Waals surface area (Å²) < 4.78 is 10.7. The molecule has 7 nitrogen and oxygen atoms in total. The molecule has 0 saturated heterocycles. The van der Waals surface area contributed by atoms with Gasteiger partial charge in [-0.15, -0.1) is 0 Å². The molecule has 0 spiro atoms. The molecule has 0 bridgehead atoms. The second-order valence-electron chi connectivity index (χ2n) is 4.51. The fraction of sp³-hybridized carbons (Fsp3) is 0.385. The van der Waals surface area contributed by atoms with Gasteiger partial charge in [-0.1, -0.05) is 12.1 Å². The van der Waals surface area contributed by atoms with Crippen LogP contribution in [-0.2, 0) is 6.42 Å². The standard InChI is InChI=1S/C13H19N5O2/c1-18(2)13(15)17-12(14)16-7-6-9-4-3-5-10-11(9)20-8-19-10/h3-5H,6-8H2,1-2H3,(H4,14,15,16,17). The van der Waals surface area contributed by atoms with Gasteiger partial charge in [-0.2, -0.15) is 4.99 Å². The van der Waals surface area contributed by atoms with Gasteiger partial charge in [0.05, 0.1) is 0 Å². The zero-order valence-corrected chi connectivity index (χ0v) is 11.7. The number of nitrogens with zero attached hydrogens (tertiary/aromatic N) is 3. The van der Waals surface area contributed by atoms with Crippen LogP contribution in [0.2, 0.25) is 0 Å². The van der Waals surface area contributed by atoms with Crippen molar-refractivity contribution in [2.24, 2.45) is 21.5 Å². The summed E-state index contributed by atoms with van der Waals surface area (Å²) in [4.78, 5) is 9.81. The van der Waals surface area contributed by atoms with Crippen LogP contribution in [-0.4, -0.2) is 44.3 Å². The summed E-state index contributed by atoms with van der Waals surface area (Å²) in [5.41, 5.74) is 12.4. The smallest absolute Gasteiger partial charge is 0.231 e. The molecule has 0 fully saturated rings. The van der Waals surface area contributed by atoms with E-state index >= 15 is 0 Å². The van der Waals surface area contributed by atoms with Crippen molar-refractivity contribution in [3.8, 4) is 11.5 Å². The minimum Gasteiger partial charge on any atom is -0.454 e. The second-order valence-corrected chi connectivity index (χ2v) is 4.51. The molecule has 0 amide bonds. The Balaban J connectivity index is 1.97. The van der Waals surface area contributed by atoms with Crippen molar-refractivity contribution in [1.82, 2.24) is 4.90 Å².